The normalized spacial score (nSPS) is 11.1. The van der Waals surface area contributed by atoms with Gasteiger partial charge in [0, 0.05) is 10.6 Å². The van der Waals surface area contributed by atoms with Crippen LogP contribution in [0.25, 0.3) is 0 Å². The van der Waals surface area contributed by atoms with Crippen LogP contribution in [0.1, 0.15) is 0 Å². The molecule has 22 nitrogen and oxygen atoms in total. The van der Waals surface area contributed by atoms with Crippen molar-refractivity contribution < 1.29 is 144 Å². The van der Waals surface area contributed by atoms with Crippen molar-refractivity contribution in [1.82, 2.24) is 15.0 Å². The molecule has 0 bridgehead atoms. The minimum atomic E-state index is -5.07. The van der Waals surface area contributed by atoms with Crippen molar-refractivity contribution in [3.63, 3.8) is 0 Å². The Balaban J connectivity index is 0.00000468. The Hall–Kier alpha value is -1.76. The summed E-state index contributed by atoms with van der Waals surface area (Å²) in [4.78, 5) is 12.0. The first kappa shape index (κ1) is 49.3. The van der Waals surface area contributed by atoms with Crippen LogP contribution in [0.4, 0.5) is 46.3 Å². The average Bonchev–Trinajstić information content (AvgIpc) is 3.07. The number of nitrogens with one attached hydrogen (secondary N) is 3. The van der Waals surface area contributed by atoms with Crippen LogP contribution in [0.3, 0.4) is 0 Å². The van der Waals surface area contributed by atoms with Crippen molar-refractivity contribution in [3.05, 3.63) is 60.7 Å². The molecule has 0 radical (unpaired) electrons. The Morgan fingerprint density at radius 1 is 0.868 bits per heavy atom. The van der Waals surface area contributed by atoms with E-state index in [0.717, 1.165) is 12.1 Å². The standard InChI is InChI=1S/C24H22N10O12S4.3Na/c25-13-27-22-30-23(28-15-2-1-3-16(10-15)47-45-43-35)32-24(31-22)29-19-11-18(26)21(50(39,40)41)12-20(19)34-33-14-4-6-17(7-5-14)49(37,38)9-8-42-48-46-44-36;;;/h1-7,10-12,35-36H,8-9,26H2,(H,39,40,41)(H3,27,28,29,30,31,32);;;/q;3*+1/p-3. The van der Waals surface area contributed by atoms with Crippen LogP contribution >= 0.6 is 24.4 Å². The van der Waals surface area contributed by atoms with E-state index in [1.807, 2.05) is 0 Å². The third-order valence-electron chi connectivity index (χ3n) is 5.70. The summed E-state index contributed by atoms with van der Waals surface area (Å²) in [6, 6.07) is 13.4. The van der Waals surface area contributed by atoms with Gasteiger partial charge in [0.2, 0.25) is 17.8 Å². The van der Waals surface area contributed by atoms with Crippen LogP contribution in [-0.2, 0) is 42.9 Å². The number of anilines is 6. The summed E-state index contributed by atoms with van der Waals surface area (Å²) < 4.78 is 73.7. The molecule has 1 heterocycles. The molecule has 1 aromatic heterocycles. The van der Waals surface area contributed by atoms with Gasteiger partial charge in [-0.05, 0) is 54.6 Å². The maximum absolute atomic E-state index is 12.5. The smallest absolute Gasteiger partial charge is 0.744 e. The van der Waals surface area contributed by atoms with Gasteiger partial charge >= 0.3 is 88.7 Å². The van der Waals surface area contributed by atoms with E-state index in [2.05, 4.69) is 59.9 Å². The first-order valence-corrected chi connectivity index (χ1v) is 17.5. The van der Waals surface area contributed by atoms with Crippen LogP contribution in [0.2, 0.25) is 0 Å². The van der Waals surface area contributed by atoms with Crippen molar-refractivity contribution in [2.45, 2.75) is 14.7 Å². The summed E-state index contributed by atoms with van der Waals surface area (Å²) in [5, 5.41) is 51.4. The summed E-state index contributed by atoms with van der Waals surface area (Å²) in [6.07, 6.45) is 1.67. The second kappa shape index (κ2) is 24.0. The number of nitrogens with two attached hydrogens (primary N) is 1. The Labute approximate surface area is 375 Å². The monoisotopic (exact) mass is 836 g/mol. The van der Waals surface area contributed by atoms with Crippen LogP contribution < -0.4 is 121 Å². The molecule has 0 atom stereocenters. The maximum Gasteiger partial charge on any atom is 1.00 e. The zero-order chi connectivity index (χ0) is 36.1. The van der Waals surface area contributed by atoms with E-state index in [9.17, 15) is 31.9 Å². The Bertz CT molecular complexity index is 2100. The van der Waals surface area contributed by atoms with Crippen molar-refractivity contribution >= 4 is 90.6 Å². The first-order valence-electron chi connectivity index (χ1n) is 13.0. The number of sulfone groups is 1. The van der Waals surface area contributed by atoms with Gasteiger partial charge in [0.25, 0.3) is 0 Å². The molecule has 0 aliphatic heterocycles. The second-order valence-corrected chi connectivity index (χ2v) is 13.7. The van der Waals surface area contributed by atoms with Gasteiger partial charge in [-0.2, -0.15) is 29.7 Å². The molecule has 53 heavy (non-hydrogen) atoms. The molecule has 0 fully saturated rings. The average molecular weight is 837 g/mol. The fourth-order valence-electron chi connectivity index (χ4n) is 3.67. The van der Waals surface area contributed by atoms with Crippen LogP contribution in [-0.4, -0.2) is 48.7 Å². The van der Waals surface area contributed by atoms with E-state index in [4.69, 9.17) is 15.2 Å². The van der Waals surface area contributed by atoms with Gasteiger partial charge < -0.3 is 31.4 Å². The summed E-state index contributed by atoms with van der Waals surface area (Å²) in [5.41, 5.74) is 5.66. The minimum Gasteiger partial charge on any atom is -0.744 e. The molecule has 4 aromatic rings. The maximum atomic E-state index is 12.5. The predicted molar refractivity (Wildman–Crippen MR) is 167 cm³/mol. The third kappa shape index (κ3) is 15.7. The topological polar surface area (TPSA) is 333 Å². The number of nitrogen functional groups attached to an aromatic ring is 1. The molecule has 0 saturated carbocycles. The van der Waals surface area contributed by atoms with Gasteiger partial charge in [-0.25, -0.2) is 16.8 Å². The number of nitrogens with zero attached hydrogens (tertiary/aromatic N) is 6. The fourth-order valence-corrected chi connectivity index (χ4v) is 6.09. The van der Waals surface area contributed by atoms with E-state index in [1.165, 1.54) is 24.3 Å². The number of hydrogen-bond donors (Lipinski definition) is 4. The summed E-state index contributed by atoms with van der Waals surface area (Å²) in [5.74, 6) is -0.995. The summed E-state index contributed by atoms with van der Waals surface area (Å²) >= 11 is 0.801. The van der Waals surface area contributed by atoms with Crippen LogP contribution in [0.5, 0.6) is 0 Å². The number of aromatic nitrogens is 3. The predicted octanol–water partition coefficient (Wildman–Crippen LogP) is -7.03. The third-order valence-corrected chi connectivity index (χ3v) is 9.23. The van der Waals surface area contributed by atoms with E-state index in [1.54, 1.807) is 30.5 Å². The molecule has 0 unspecified atom stereocenters. The number of azo groups is 1. The molecule has 0 aliphatic rings. The van der Waals surface area contributed by atoms with E-state index >= 15 is 0 Å². The number of rotatable bonds is 18. The molecule has 264 valence electrons. The Kier molecular flexibility index (Phi) is 22.3. The molecule has 0 saturated heterocycles. The van der Waals surface area contributed by atoms with Crippen molar-refractivity contribution in [2.75, 3.05) is 34.0 Å². The molecule has 4 rings (SSSR count). The molecular formula is C24H19N10Na3O12S4. The van der Waals surface area contributed by atoms with Gasteiger partial charge in [0.1, 0.15) is 15.8 Å². The zero-order valence-electron chi connectivity index (χ0n) is 27.5. The zero-order valence-corrected chi connectivity index (χ0v) is 36.7. The molecule has 5 N–H and O–H groups in total. The van der Waals surface area contributed by atoms with Crippen molar-refractivity contribution in [2.24, 2.45) is 10.2 Å². The van der Waals surface area contributed by atoms with Crippen LogP contribution in [0.15, 0.2) is 85.6 Å². The molecule has 3 aromatic carbocycles. The number of hydrogen-bond acceptors (Lipinski definition) is 24. The van der Waals surface area contributed by atoms with E-state index in [-0.39, 0.29) is 147 Å². The molecule has 0 aliphatic carbocycles. The summed E-state index contributed by atoms with van der Waals surface area (Å²) in [6.45, 7) is -0.330. The largest absolute Gasteiger partial charge is 1.00 e. The molecule has 29 heteroatoms. The van der Waals surface area contributed by atoms with E-state index < -0.39 is 36.3 Å². The summed E-state index contributed by atoms with van der Waals surface area (Å²) in [7, 11) is -8.89. The van der Waals surface area contributed by atoms with Gasteiger partial charge in [0.05, 0.1) is 51.3 Å². The van der Waals surface area contributed by atoms with Gasteiger partial charge in [-0.15, -0.1) is 9.45 Å². The Morgan fingerprint density at radius 3 is 2.17 bits per heavy atom. The SMILES string of the molecule is N#CNc1nc(Nc2cccc(SOO[O-])c2)nc(Nc2cc(N)c(S(=O)(=O)[O-])cc2N=Nc2ccc(S(=O)(=O)CCOSOO[O-])cc2)n1.[Na+].[Na+].[Na+]. The van der Waals surface area contributed by atoms with Gasteiger partial charge in [-0.3, -0.25) is 19.6 Å². The quantitative estimate of drug-likeness (QED) is 0.00691. The molecule has 0 amide bonds. The van der Waals surface area contributed by atoms with Gasteiger partial charge in [-0.1, -0.05) is 6.07 Å². The van der Waals surface area contributed by atoms with Crippen molar-refractivity contribution in [3.8, 4) is 6.19 Å². The van der Waals surface area contributed by atoms with Gasteiger partial charge in [0.15, 0.2) is 28.4 Å². The minimum absolute atomic E-state index is 0. The first-order chi connectivity index (χ1) is 23.9. The van der Waals surface area contributed by atoms with Crippen LogP contribution in [0, 0.1) is 11.5 Å². The Morgan fingerprint density at radius 2 is 1.53 bits per heavy atom. The number of benzene rings is 3. The molecule has 0 spiro atoms. The van der Waals surface area contributed by atoms with E-state index in [0.29, 0.717) is 22.6 Å². The second-order valence-electron chi connectivity index (χ2n) is 8.94. The molecular weight excluding hydrogens is 818 g/mol. The fraction of sp³-hybridized carbons (Fsp3) is 0.0833. The number of nitriles is 1. The van der Waals surface area contributed by atoms with Crippen molar-refractivity contribution in [1.29, 1.82) is 5.26 Å².